The summed E-state index contributed by atoms with van der Waals surface area (Å²) >= 11 is 0. The molecule has 0 radical (unpaired) electrons. The van der Waals surface area contributed by atoms with E-state index in [1.165, 1.54) is 6.21 Å². The van der Waals surface area contributed by atoms with Crippen LogP contribution in [0.5, 0.6) is 5.75 Å². The van der Waals surface area contributed by atoms with Gasteiger partial charge in [0.15, 0.2) is 5.75 Å². The number of H-pyrrole nitrogens is 1. The van der Waals surface area contributed by atoms with E-state index in [0.717, 1.165) is 16.5 Å². The van der Waals surface area contributed by atoms with Gasteiger partial charge in [0, 0.05) is 10.9 Å². The number of carbonyl (C=O) groups is 1. The number of nitrogens with one attached hydrogen (secondary N) is 2. The van der Waals surface area contributed by atoms with Crippen molar-refractivity contribution >= 4 is 23.0 Å². The highest BCUT2D eigenvalue weighted by Crippen LogP contribution is 2.30. The number of fused-ring (bicyclic) bond motifs is 1. The van der Waals surface area contributed by atoms with Crippen LogP contribution < -0.4 is 10.2 Å². The minimum absolute atomic E-state index is 0.0668. The maximum atomic E-state index is 12.5. The molecule has 0 atom stereocenters. The van der Waals surface area contributed by atoms with Crippen LogP contribution in [-0.2, 0) is 0 Å². The van der Waals surface area contributed by atoms with Crippen molar-refractivity contribution in [2.75, 3.05) is 0 Å². The molecule has 0 unspecified atom stereocenters. The van der Waals surface area contributed by atoms with Crippen LogP contribution in [0.25, 0.3) is 10.9 Å². The smallest absolute Gasteiger partial charge is 0.291 e. The van der Waals surface area contributed by atoms with Crippen molar-refractivity contribution in [2.45, 2.75) is 20.0 Å². The van der Waals surface area contributed by atoms with Gasteiger partial charge >= 0.3 is 0 Å². The molecule has 2 N–H and O–H groups in total. The number of nitriles is 1. The number of rotatable bonds is 5. The van der Waals surface area contributed by atoms with Crippen LogP contribution in [0.2, 0.25) is 0 Å². The largest absolute Gasteiger partial charge is 0.488 e. The second kappa shape index (κ2) is 7.53. The highest BCUT2D eigenvalue weighted by atomic mass is 16.5. The number of ether oxygens (including phenoxy) is 1. The number of hydrogen-bond acceptors (Lipinski definition) is 4. The van der Waals surface area contributed by atoms with Crippen molar-refractivity contribution in [2.24, 2.45) is 5.10 Å². The molecule has 2 aromatic carbocycles. The van der Waals surface area contributed by atoms with Crippen molar-refractivity contribution < 1.29 is 9.53 Å². The maximum Gasteiger partial charge on any atom is 0.291 e. The number of nitrogens with zero attached hydrogens (tertiary/aromatic N) is 2. The second-order valence-corrected chi connectivity index (χ2v) is 5.97. The summed E-state index contributed by atoms with van der Waals surface area (Å²) in [5.41, 5.74) is 5.01. The zero-order chi connectivity index (χ0) is 18.5. The molecule has 0 spiro atoms. The molecule has 6 heteroatoms. The molecule has 26 heavy (non-hydrogen) atoms. The summed E-state index contributed by atoms with van der Waals surface area (Å²) in [7, 11) is 0. The Morgan fingerprint density at radius 1 is 1.23 bits per heavy atom. The van der Waals surface area contributed by atoms with Crippen LogP contribution in [0.3, 0.4) is 0 Å². The van der Waals surface area contributed by atoms with E-state index in [-0.39, 0.29) is 12.0 Å². The minimum atomic E-state index is -0.387. The van der Waals surface area contributed by atoms with Gasteiger partial charge in [0.2, 0.25) is 0 Å². The Morgan fingerprint density at radius 3 is 2.65 bits per heavy atom. The minimum Gasteiger partial charge on any atom is -0.488 e. The fourth-order valence-electron chi connectivity index (χ4n) is 2.50. The van der Waals surface area contributed by atoms with E-state index in [2.05, 4.69) is 21.6 Å². The van der Waals surface area contributed by atoms with E-state index in [1.807, 2.05) is 38.1 Å². The molecule has 0 bridgehead atoms. The lowest BCUT2D eigenvalue weighted by Crippen LogP contribution is -2.20. The third kappa shape index (κ3) is 3.73. The van der Waals surface area contributed by atoms with Crippen molar-refractivity contribution in [1.29, 1.82) is 5.26 Å². The van der Waals surface area contributed by atoms with Crippen LogP contribution in [0, 0.1) is 11.3 Å². The summed E-state index contributed by atoms with van der Waals surface area (Å²) in [4.78, 5) is 15.6. The Hall–Kier alpha value is -3.59. The summed E-state index contributed by atoms with van der Waals surface area (Å²) in [5, 5.41) is 13.6. The van der Waals surface area contributed by atoms with Gasteiger partial charge < -0.3 is 9.72 Å². The highest BCUT2D eigenvalue weighted by molar-refractivity contribution is 6.03. The van der Waals surface area contributed by atoms with Gasteiger partial charge in [-0.25, -0.2) is 5.43 Å². The van der Waals surface area contributed by atoms with Gasteiger partial charge in [-0.05, 0) is 43.7 Å². The lowest BCUT2D eigenvalue weighted by molar-refractivity contribution is 0.0945. The Kier molecular flexibility index (Phi) is 4.99. The molecule has 1 heterocycles. The fraction of sp³-hybridized carbons (Fsp3) is 0.150. The predicted octanol–water partition coefficient (Wildman–Crippen LogP) is 3.59. The van der Waals surface area contributed by atoms with Gasteiger partial charge in [0.05, 0.1) is 24.0 Å². The molecule has 0 aliphatic rings. The first-order valence-electron chi connectivity index (χ1n) is 8.19. The number of benzene rings is 2. The molecule has 1 amide bonds. The van der Waals surface area contributed by atoms with E-state index in [0.29, 0.717) is 17.0 Å². The second-order valence-electron chi connectivity index (χ2n) is 5.97. The van der Waals surface area contributed by atoms with Crippen LogP contribution in [0.15, 0.2) is 53.6 Å². The third-order valence-corrected chi connectivity index (χ3v) is 3.66. The first kappa shape index (κ1) is 17.2. The molecule has 0 aliphatic carbocycles. The quantitative estimate of drug-likeness (QED) is 0.546. The average Bonchev–Trinajstić information content (AvgIpc) is 3.00. The molecule has 6 nitrogen and oxygen atoms in total. The molecule has 3 aromatic rings. The standard InChI is InChI=1S/C20H18N4O2/c1-13(2)26-19-16-5-3-4-6-17(16)23-18(19)20(25)24-22-12-15-9-7-14(11-21)8-10-15/h3-10,12-13,23H,1-2H3,(H,24,25)/b22-12+. The van der Waals surface area contributed by atoms with Crippen molar-refractivity contribution in [3.05, 3.63) is 65.4 Å². The van der Waals surface area contributed by atoms with Crippen LogP contribution in [0.4, 0.5) is 0 Å². The lowest BCUT2D eigenvalue weighted by atomic mass is 10.2. The number of amides is 1. The zero-order valence-corrected chi connectivity index (χ0v) is 14.5. The monoisotopic (exact) mass is 346 g/mol. The van der Waals surface area contributed by atoms with E-state index in [1.54, 1.807) is 24.3 Å². The van der Waals surface area contributed by atoms with E-state index in [4.69, 9.17) is 10.00 Å². The lowest BCUT2D eigenvalue weighted by Gasteiger charge is -2.10. The van der Waals surface area contributed by atoms with Crippen molar-refractivity contribution in [3.8, 4) is 11.8 Å². The maximum absolute atomic E-state index is 12.5. The number of carbonyl (C=O) groups excluding carboxylic acids is 1. The Morgan fingerprint density at radius 2 is 1.96 bits per heavy atom. The van der Waals surface area contributed by atoms with Gasteiger partial charge in [0.1, 0.15) is 5.69 Å². The van der Waals surface area contributed by atoms with Crippen LogP contribution in [0.1, 0.15) is 35.5 Å². The normalized spacial score (nSPS) is 11.0. The summed E-state index contributed by atoms with van der Waals surface area (Å²) in [6.07, 6.45) is 1.45. The molecule has 0 saturated carbocycles. The SMILES string of the molecule is CC(C)Oc1c(C(=O)N/N=C/c2ccc(C#N)cc2)[nH]c2ccccc12. The predicted molar refractivity (Wildman–Crippen MR) is 100 cm³/mol. The number of para-hydroxylation sites is 1. The van der Waals surface area contributed by atoms with Crippen molar-refractivity contribution in [3.63, 3.8) is 0 Å². The highest BCUT2D eigenvalue weighted by Gasteiger charge is 2.19. The molecule has 0 aliphatic heterocycles. The number of hydrazone groups is 1. The van der Waals surface area contributed by atoms with Gasteiger partial charge in [-0.2, -0.15) is 10.4 Å². The molecule has 130 valence electrons. The molecular weight excluding hydrogens is 328 g/mol. The van der Waals surface area contributed by atoms with Gasteiger partial charge in [0.25, 0.3) is 5.91 Å². The van der Waals surface area contributed by atoms with Gasteiger partial charge in [-0.15, -0.1) is 0 Å². The summed E-state index contributed by atoms with van der Waals surface area (Å²) < 4.78 is 5.84. The Labute approximate surface area is 151 Å². The number of aromatic nitrogens is 1. The molecule has 0 saturated heterocycles. The number of aromatic amines is 1. The average molecular weight is 346 g/mol. The Bertz CT molecular complexity index is 995. The van der Waals surface area contributed by atoms with Crippen molar-refractivity contribution in [1.82, 2.24) is 10.4 Å². The van der Waals surface area contributed by atoms with Gasteiger partial charge in [-0.1, -0.05) is 24.3 Å². The molecular formula is C20H18N4O2. The van der Waals surface area contributed by atoms with E-state index >= 15 is 0 Å². The number of hydrogen-bond donors (Lipinski definition) is 2. The topological polar surface area (TPSA) is 90.3 Å². The Balaban J connectivity index is 1.80. The summed E-state index contributed by atoms with van der Waals surface area (Å²) in [6, 6.07) is 16.5. The molecule has 1 aromatic heterocycles. The molecule has 0 fully saturated rings. The first-order chi connectivity index (χ1) is 12.6. The fourth-order valence-corrected chi connectivity index (χ4v) is 2.50. The van der Waals surface area contributed by atoms with Crippen LogP contribution >= 0.6 is 0 Å². The van der Waals surface area contributed by atoms with E-state index < -0.39 is 0 Å². The summed E-state index contributed by atoms with van der Waals surface area (Å²) in [5.74, 6) is 0.128. The third-order valence-electron chi connectivity index (χ3n) is 3.66. The first-order valence-corrected chi connectivity index (χ1v) is 8.19. The molecule has 3 rings (SSSR count). The summed E-state index contributed by atoms with van der Waals surface area (Å²) in [6.45, 7) is 3.82. The zero-order valence-electron chi connectivity index (χ0n) is 14.5. The van der Waals surface area contributed by atoms with Crippen LogP contribution in [-0.4, -0.2) is 23.2 Å². The van der Waals surface area contributed by atoms with Gasteiger partial charge in [-0.3, -0.25) is 4.79 Å². The van der Waals surface area contributed by atoms with E-state index in [9.17, 15) is 4.79 Å².